The van der Waals surface area contributed by atoms with Crippen LogP contribution in [-0.2, 0) is 11.3 Å². The van der Waals surface area contributed by atoms with E-state index in [0.717, 1.165) is 6.54 Å². The smallest absolute Gasteiger partial charge is 0.0724 e. The maximum absolute atomic E-state index is 5.53. The summed E-state index contributed by atoms with van der Waals surface area (Å²) in [4.78, 5) is 1.38. The highest BCUT2D eigenvalue weighted by Crippen LogP contribution is 2.24. The van der Waals surface area contributed by atoms with Gasteiger partial charge in [0.25, 0.3) is 0 Å². The summed E-state index contributed by atoms with van der Waals surface area (Å²) in [5.74, 6) is 0. The molecule has 1 aromatic rings. The molecule has 0 aromatic carbocycles. The zero-order valence-electron chi connectivity index (χ0n) is 9.54. The van der Waals surface area contributed by atoms with Crippen LogP contribution in [-0.4, -0.2) is 19.3 Å². The van der Waals surface area contributed by atoms with Crippen LogP contribution in [0.3, 0.4) is 0 Å². The third-order valence-electron chi connectivity index (χ3n) is 3.22. The predicted molar refractivity (Wildman–Crippen MR) is 71.9 cm³/mol. The molecular formula is C12H18BrNOS. The maximum atomic E-state index is 5.53. The van der Waals surface area contributed by atoms with Gasteiger partial charge in [-0.05, 0) is 40.2 Å². The van der Waals surface area contributed by atoms with Crippen LogP contribution in [0.2, 0.25) is 0 Å². The Morgan fingerprint density at radius 3 is 3.00 bits per heavy atom. The minimum absolute atomic E-state index is 0.396. The first-order chi connectivity index (χ1) is 7.81. The summed E-state index contributed by atoms with van der Waals surface area (Å²) in [5.41, 5.74) is 0. The Morgan fingerprint density at radius 2 is 2.31 bits per heavy atom. The molecule has 1 fully saturated rings. The van der Waals surface area contributed by atoms with Crippen molar-refractivity contribution >= 4 is 27.3 Å². The molecule has 1 aromatic heterocycles. The number of rotatable bonds is 4. The number of nitrogens with one attached hydrogen (secondary N) is 1. The molecule has 16 heavy (non-hydrogen) atoms. The van der Waals surface area contributed by atoms with E-state index in [9.17, 15) is 0 Å². The van der Waals surface area contributed by atoms with Crippen molar-refractivity contribution in [2.75, 3.05) is 7.11 Å². The minimum Gasteiger partial charge on any atom is -0.380 e. The van der Waals surface area contributed by atoms with Gasteiger partial charge in [0, 0.05) is 29.0 Å². The second-order valence-electron chi connectivity index (χ2n) is 4.24. The maximum Gasteiger partial charge on any atom is 0.0724 e. The standard InChI is InChI=1S/C12H18BrNOS/c1-15-11-5-3-2-4-10(11)14-8-12-9(13)6-7-16-12/h6-7,10-11,14H,2-5,8H2,1H3. The van der Waals surface area contributed by atoms with E-state index in [4.69, 9.17) is 4.74 Å². The molecule has 2 nitrogen and oxygen atoms in total. The zero-order valence-corrected chi connectivity index (χ0v) is 11.9. The Labute approximate surface area is 110 Å². The molecule has 2 atom stereocenters. The van der Waals surface area contributed by atoms with Gasteiger partial charge in [-0.1, -0.05) is 12.8 Å². The third kappa shape index (κ3) is 3.06. The Kier molecular flexibility index (Phi) is 4.82. The molecule has 1 aliphatic carbocycles. The number of hydrogen-bond donors (Lipinski definition) is 1. The molecule has 90 valence electrons. The fraction of sp³-hybridized carbons (Fsp3) is 0.667. The van der Waals surface area contributed by atoms with Crippen LogP contribution in [0.1, 0.15) is 30.6 Å². The lowest BCUT2D eigenvalue weighted by molar-refractivity contribution is 0.0413. The second kappa shape index (κ2) is 6.15. The highest BCUT2D eigenvalue weighted by Gasteiger charge is 2.24. The average Bonchev–Trinajstić information content (AvgIpc) is 2.72. The van der Waals surface area contributed by atoms with Crippen molar-refractivity contribution < 1.29 is 4.74 Å². The first-order valence-electron chi connectivity index (χ1n) is 5.79. The van der Waals surface area contributed by atoms with Crippen LogP contribution in [0.25, 0.3) is 0 Å². The number of hydrogen-bond acceptors (Lipinski definition) is 3. The molecule has 2 rings (SSSR count). The molecule has 0 saturated heterocycles. The van der Waals surface area contributed by atoms with Crippen LogP contribution >= 0.6 is 27.3 Å². The van der Waals surface area contributed by atoms with Gasteiger partial charge in [-0.3, -0.25) is 0 Å². The molecule has 0 radical (unpaired) electrons. The quantitative estimate of drug-likeness (QED) is 0.918. The van der Waals surface area contributed by atoms with Crippen molar-refractivity contribution in [1.29, 1.82) is 0 Å². The summed E-state index contributed by atoms with van der Waals surface area (Å²) >= 11 is 5.36. The SMILES string of the molecule is COC1CCCCC1NCc1sccc1Br. The molecule has 1 aliphatic rings. The Bertz CT molecular complexity index is 329. The lowest BCUT2D eigenvalue weighted by Crippen LogP contribution is -2.42. The highest BCUT2D eigenvalue weighted by molar-refractivity contribution is 9.10. The van der Waals surface area contributed by atoms with Gasteiger partial charge in [0.05, 0.1) is 6.10 Å². The van der Waals surface area contributed by atoms with Crippen LogP contribution in [0.4, 0.5) is 0 Å². The van der Waals surface area contributed by atoms with Crippen molar-refractivity contribution in [3.05, 3.63) is 20.8 Å². The summed E-state index contributed by atoms with van der Waals surface area (Å²) in [5, 5.41) is 5.74. The van der Waals surface area contributed by atoms with E-state index in [1.807, 2.05) is 7.11 Å². The fourth-order valence-electron chi connectivity index (χ4n) is 2.29. The van der Waals surface area contributed by atoms with Gasteiger partial charge in [-0.15, -0.1) is 11.3 Å². The summed E-state index contributed by atoms with van der Waals surface area (Å²) in [7, 11) is 1.83. The van der Waals surface area contributed by atoms with Gasteiger partial charge in [-0.2, -0.15) is 0 Å². The first-order valence-corrected chi connectivity index (χ1v) is 7.46. The fourth-order valence-corrected chi connectivity index (χ4v) is 3.73. The molecule has 0 spiro atoms. The van der Waals surface area contributed by atoms with Crippen molar-refractivity contribution in [2.24, 2.45) is 0 Å². The van der Waals surface area contributed by atoms with Gasteiger partial charge in [0.2, 0.25) is 0 Å². The van der Waals surface area contributed by atoms with Crippen LogP contribution < -0.4 is 5.32 Å². The molecule has 2 unspecified atom stereocenters. The predicted octanol–water partition coefficient (Wildman–Crippen LogP) is 3.56. The van der Waals surface area contributed by atoms with Gasteiger partial charge < -0.3 is 10.1 Å². The Morgan fingerprint density at radius 1 is 1.50 bits per heavy atom. The van der Waals surface area contributed by atoms with Crippen LogP contribution in [0.5, 0.6) is 0 Å². The normalized spacial score (nSPS) is 25.9. The number of methoxy groups -OCH3 is 1. The van der Waals surface area contributed by atoms with E-state index in [0.29, 0.717) is 12.1 Å². The number of halogens is 1. The average molecular weight is 304 g/mol. The summed E-state index contributed by atoms with van der Waals surface area (Å²) in [6.45, 7) is 0.947. The van der Waals surface area contributed by atoms with Crippen LogP contribution in [0.15, 0.2) is 15.9 Å². The van der Waals surface area contributed by atoms with Gasteiger partial charge in [-0.25, -0.2) is 0 Å². The van der Waals surface area contributed by atoms with Gasteiger partial charge in [0.15, 0.2) is 0 Å². The molecule has 0 amide bonds. The molecule has 1 N–H and O–H groups in total. The monoisotopic (exact) mass is 303 g/mol. The first kappa shape index (κ1) is 12.6. The summed E-state index contributed by atoms with van der Waals surface area (Å²) in [6, 6.07) is 2.63. The third-order valence-corrected chi connectivity index (χ3v) is 5.15. The summed E-state index contributed by atoms with van der Waals surface area (Å²) in [6.07, 6.45) is 5.46. The topological polar surface area (TPSA) is 21.3 Å². The van der Waals surface area contributed by atoms with Crippen molar-refractivity contribution in [1.82, 2.24) is 5.32 Å². The molecule has 0 aliphatic heterocycles. The largest absolute Gasteiger partial charge is 0.380 e. The van der Waals surface area contributed by atoms with E-state index >= 15 is 0 Å². The van der Waals surface area contributed by atoms with E-state index in [2.05, 4.69) is 32.7 Å². The minimum atomic E-state index is 0.396. The highest BCUT2D eigenvalue weighted by atomic mass is 79.9. The number of ether oxygens (including phenoxy) is 1. The van der Waals surface area contributed by atoms with Gasteiger partial charge >= 0.3 is 0 Å². The van der Waals surface area contributed by atoms with Gasteiger partial charge in [0.1, 0.15) is 0 Å². The molecule has 1 heterocycles. The molecular weight excluding hydrogens is 286 g/mol. The van der Waals surface area contributed by atoms with Crippen molar-refractivity contribution in [2.45, 2.75) is 44.4 Å². The summed E-state index contributed by atoms with van der Waals surface area (Å²) < 4.78 is 6.75. The lowest BCUT2D eigenvalue weighted by atomic mass is 9.92. The van der Waals surface area contributed by atoms with E-state index in [1.165, 1.54) is 35.0 Å². The Hall–Kier alpha value is 0.100. The zero-order chi connectivity index (χ0) is 11.4. The van der Waals surface area contributed by atoms with Crippen LogP contribution in [0, 0.1) is 0 Å². The molecule has 0 bridgehead atoms. The van der Waals surface area contributed by atoms with E-state index < -0.39 is 0 Å². The van der Waals surface area contributed by atoms with E-state index in [1.54, 1.807) is 11.3 Å². The van der Waals surface area contributed by atoms with Crippen molar-refractivity contribution in [3.63, 3.8) is 0 Å². The molecule has 4 heteroatoms. The van der Waals surface area contributed by atoms with Crippen molar-refractivity contribution in [3.8, 4) is 0 Å². The molecule has 1 saturated carbocycles. The Balaban J connectivity index is 1.86. The lowest BCUT2D eigenvalue weighted by Gasteiger charge is -2.31. The second-order valence-corrected chi connectivity index (χ2v) is 6.09. The number of thiophene rings is 1. The van der Waals surface area contributed by atoms with E-state index in [-0.39, 0.29) is 0 Å².